The Bertz CT molecular complexity index is 650. The van der Waals surface area contributed by atoms with Gasteiger partial charge in [-0.15, -0.1) is 0 Å². The minimum atomic E-state index is -0.140. The van der Waals surface area contributed by atoms with Gasteiger partial charge in [0.15, 0.2) is 0 Å². The van der Waals surface area contributed by atoms with Gasteiger partial charge in [0.05, 0.1) is 0 Å². The predicted molar refractivity (Wildman–Crippen MR) is 82.7 cm³/mol. The summed E-state index contributed by atoms with van der Waals surface area (Å²) < 4.78 is 0. The van der Waals surface area contributed by atoms with E-state index in [9.17, 15) is 4.79 Å². The Balaban J connectivity index is 1.70. The van der Waals surface area contributed by atoms with Gasteiger partial charge >= 0.3 is 0 Å². The van der Waals surface area contributed by atoms with Crippen molar-refractivity contribution in [1.29, 1.82) is 0 Å². The van der Waals surface area contributed by atoms with Gasteiger partial charge in [0.1, 0.15) is 5.84 Å². The Labute approximate surface area is 123 Å². The molecule has 0 radical (unpaired) electrons. The number of pyridine rings is 1. The van der Waals surface area contributed by atoms with E-state index >= 15 is 0 Å². The number of hydrogen-bond acceptors (Lipinski definition) is 4. The molecule has 1 amide bonds. The molecule has 106 valence electrons. The van der Waals surface area contributed by atoms with Crippen molar-refractivity contribution in [2.45, 2.75) is 6.42 Å². The second-order valence-electron chi connectivity index (χ2n) is 4.78. The van der Waals surface area contributed by atoms with Gasteiger partial charge in [0, 0.05) is 42.3 Å². The van der Waals surface area contributed by atoms with Crippen LogP contribution in [0.15, 0.2) is 53.8 Å². The zero-order valence-corrected chi connectivity index (χ0v) is 11.5. The number of carbonyl (C=O) groups excluding carboxylic acids is 1. The third kappa shape index (κ3) is 3.25. The van der Waals surface area contributed by atoms with E-state index < -0.39 is 0 Å². The molecule has 0 unspecified atom stereocenters. The van der Waals surface area contributed by atoms with Crippen LogP contribution in [0.5, 0.6) is 0 Å². The van der Waals surface area contributed by atoms with E-state index in [-0.39, 0.29) is 5.91 Å². The molecular formula is C16H16N4O. The zero-order chi connectivity index (χ0) is 14.5. The summed E-state index contributed by atoms with van der Waals surface area (Å²) in [4.78, 5) is 20.4. The topological polar surface area (TPSA) is 66.4 Å². The average molecular weight is 280 g/mol. The largest absolute Gasteiger partial charge is 0.370 e. The van der Waals surface area contributed by atoms with Crippen LogP contribution in [0.25, 0.3) is 0 Å². The van der Waals surface area contributed by atoms with Crippen molar-refractivity contribution in [3.05, 3.63) is 59.9 Å². The highest BCUT2D eigenvalue weighted by molar-refractivity contribution is 6.04. The molecule has 0 atom stereocenters. The number of nitrogens with one attached hydrogen (secondary N) is 2. The van der Waals surface area contributed by atoms with Gasteiger partial charge in [-0.05, 0) is 42.8 Å². The molecule has 5 nitrogen and oxygen atoms in total. The average Bonchev–Trinajstić information content (AvgIpc) is 2.57. The van der Waals surface area contributed by atoms with E-state index in [2.05, 4.69) is 20.6 Å². The maximum Gasteiger partial charge on any atom is 0.255 e. The molecule has 1 aliphatic heterocycles. The van der Waals surface area contributed by atoms with Crippen LogP contribution in [0.3, 0.4) is 0 Å². The van der Waals surface area contributed by atoms with Crippen molar-refractivity contribution < 1.29 is 4.79 Å². The van der Waals surface area contributed by atoms with E-state index in [0.717, 1.165) is 36.6 Å². The minimum Gasteiger partial charge on any atom is -0.370 e. The van der Waals surface area contributed by atoms with Crippen LogP contribution in [0.1, 0.15) is 22.3 Å². The quantitative estimate of drug-likeness (QED) is 0.904. The first-order valence-corrected chi connectivity index (χ1v) is 6.93. The highest BCUT2D eigenvalue weighted by atomic mass is 16.1. The molecule has 21 heavy (non-hydrogen) atoms. The van der Waals surface area contributed by atoms with Gasteiger partial charge in [0.2, 0.25) is 0 Å². The Morgan fingerprint density at radius 3 is 2.52 bits per heavy atom. The van der Waals surface area contributed by atoms with E-state index in [4.69, 9.17) is 0 Å². The van der Waals surface area contributed by atoms with Crippen molar-refractivity contribution in [2.75, 3.05) is 18.4 Å². The van der Waals surface area contributed by atoms with Gasteiger partial charge in [-0.2, -0.15) is 0 Å². The van der Waals surface area contributed by atoms with Crippen LogP contribution in [-0.4, -0.2) is 29.8 Å². The third-order valence-corrected chi connectivity index (χ3v) is 3.26. The number of aliphatic imine (C=N–C) groups is 1. The molecule has 0 saturated carbocycles. The predicted octanol–water partition coefficient (Wildman–Crippen LogP) is 2.07. The lowest BCUT2D eigenvalue weighted by Crippen LogP contribution is -2.30. The smallest absolute Gasteiger partial charge is 0.255 e. The molecule has 2 aromatic rings. The third-order valence-electron chi connectivity index (χ3n) is 3.26. The Morgan fingerprint density at radius 2 is 1.86 bits per heavy atom. The number of anilines is 1. The summed E-state index contributed by atoms with van der Waals surface area (Å²) in [5.74, 6) is 0.784. The van der Waals surface area contributed by atoms with E-state index in [0.29, 0.717) is 5.56 Å². The summed E-state index contributed by atoms with van der Waals surface area (Å²) in [7, 11) is 0. The van der Waals surface area contributed by atoms with Crippen molar-refractivity contribution in [1.82, 2.24) is 10.3 Å². The number of hydrogen-bond donors (Lipinski definition) is 2. The lowest BCUT2D eigenvalue weighted by Gasteiger charge is -2.15. The Morgan fingerprint density at radius 1 is 1.10 bits per heavy atom. The molecule has 2 heterocycles. The zero-order valence-electron chi connectivity index (χ0n) is 11.5. The highest BCUT2D eigenvalue weighted by Gasteiger charge is 2.08. The number of amidine groups is 1. The van der Waals surface area contributed by atoms with Crippen molar-refractivity contribution in [2.24, 2.45) is 4.99 Å². The number of aromatic nitrogens is 1. The van der Waals surface area contributed by atoms with Gasteiger partial charge < -0.3 is 10.6 Å². The molecule has 1 aliphatic rings. The first-order chi connectivity index (χ1) is 10.3. The van der Waals surface area contributed by atoms with E-state index in [1.54, 1.807) is 24.5 Å². The standard InChI is InChI=1S/C16H16N4O/c21-16(13-6-10-17-11-7-13)20-14-4-2-12(3-5-14)15-18-8-1-9-19-15/h2-7,10-11H,1,8-9H2,(H,18,19)(H,20,21). The van der Waals surface area contributed by atoms with Gasteiger partial charge in [-0.1, -0.05) is 0 Å². The second-order valence-corrected chi connectivity index (χ2v) is 4.78. The van der Waals surface area contributed by atoms with Crippen molar-refractivity contribution in [3.8, 4) is 0 Å². The summed E-state index contributed by atoms with van der Waals surface area (Å²) in [5.41, 5.74) is 2.39. The fourth-order valence-corrected chi connectivity index (χ4v) is 2.14. The molecule has 3 rings (SSSR count). The monoisotopic (exact) mass is 280 g/mol. The summed E-state index contributed by atoms with van der Waals surface area (Å²) in [6.45, 7) is 1.82. The SMILES string of the molecule is O=C(Nc1ccc(C2=NCCCN2)cc1)c1ccncc1. The molecule has 2 N–H and O–H groups in total. The van der Waals surface area contributed by atoms with Crippen LogP contribution >= 0.6 is 0 Å². The Kier molecular flexibility index (Phi) is 3.91. The first kappa shape index (κ1) is 13.3. The Hall–Kier alpha value is -2.69. The second kappa shape index (κ2) is 6.17. The molecule has 0 spiro atoms. The molecule has 1 aromatic carbocycles. The maximum absolute atomic E-state index is 12.0. The molecule has 0 aliphatic carbocycles. The number of amides is 1. The van der Waals surface area contributed by atoms with Gasteiger partial charge in [-0.3, -0.25) is 14.8 Å². The van der Waals surface area contributed by atoms with Crippen LogP contribution in [0.2, 0.25) is 0 Å². The minimum absolute atomic E-state index is 0.140. The van der Waals surface area contributed by atoms with Crippen molar-refractivity contribution in [3.63, 3.8) is 0 Å². The van der Waals surface area contributed by atoms with Gasteiger partial charge in [-0.25, -0.2) is 0 Å². The lowest BCUT2D eigenvalue weighted by molar-refractivity contribution is 0.102. The number of rotatable bonds is 3. The summed E-state index contributed by atoms with van der Waals surface area (Å²) in [6, 6.07) is 11.0. The molecule has 0 fully saturated rings. The number of carbonyl (C=O) groups is 1. The van der Waals surface area contributed by atoms with Crippen LogP contribution in [0, 0.1) is 0 Å². The fraction of sp³-hybridized carbons (Fsp3) is 0.188. The highest BCUT2D eigenvalue weighted by Crippen LogP contribution is 2.12. The normalized spacial score (nSPS) is 14.0. The molecule has 0 bridgehead atoms. The van der Waals surface area contributed by atoms with Crippen molar-refractivity contribution >= 4 is 17.4 Å². The van der Waals surface area contributed by atoms with Crippen LogP contribution in [-0.2, 0) is 0 Å². The molecule has 0 saturated heterocycles. The molecule has 1 aromatic heterocycles. The fourth-order valence-electron chi connectivity index (χ4n) is 2.14. The number of nitrogens with zero attached hydrogens (tertiary/aromatic N) is 2. The summed E-state index contributed by atoms with van der Waals surface area (Å²) >= 11 is 0. The van der Waals surface area contributed by atoms with Crippen LogP contribution in [0.4, 0.5) is 5.69 Å². The lowest BCUT2D eigenvalue weighted by atomic mass is 10.1. The summed E-state index contributed by atoms with van der Waals surface area (Å²) in [6.07, 6.45) is 4.28. The van der Waals surface area contributed by atoms with E-state index in [1.165, 1.54) is 0 Å². The summed E-state index contributed by atoms with van der Waals surface area (Å²) in [5, 5.41) is 6.14. The van der Waals surface area contributed by atoms with E-state index in [1.807, 2.05) is 24.3 Å². The molecular weight excluding hydrogens is 264 g/mol. The van der Waals surface area contributed by atoms with Crippen LogP contribution < -0.4 is 10.6 Å². The maximum atomic E-state index is 12.0. The number of benzene rings is 1. The first-order valence-electron chi connectivity index (χ1n) is 6.93. The molecule has 5 heteroatoms. The van der Waals surface area contributed by atoms with Gasteiger partial charge in [0.25, 0.3) is 5.91 Å².